The van der Waals surface area contributed by atoms with Crippen LogP contribution in [0.25, 0.3) is 0 Å². The molecule has 0 saturated carbocycles. The topological polar surface area (TPSA) is 93.7 Å². The number of carbonyl (C=O) groups excluding carboxylic acids is 1. The summed E-state index contributed by atoms with van der Waals surface area (Å²) in [6.45, 7) is 5.36. The van der Waals surface area contributed by atoms with Gasteiger partial charge in [0.25, 0.3) is 15.9 Å². The average Bonchev–Trinajstić information content (AvgIpc) is 2.80. The Balaban J connectivity index is 1.84. The monoisotopic (exact) mass is 468 g/mol. The van der Waals surface area contributed by atoms with Gasteiger partial charge in [0.05, 0.1) is 30.8 Å². The Morgan fingerprint density at radius 2 is 1.58 bits per heavy atom. The minimum absolute atomic E-state index is 0.0529. The van der Waals surface area contributed by atoms with Gasteiger partial charge in [0.15, 0.2) is 11.5 Å². The van der Waals surface area contributed by atoms with Crippen molar-refractivity contribution >= 4 is 21.6 Å². The number of hydrogen-bond acceptors (Lipinski definition) is 5. The summed E-state index contributed by atoms with van der Waals surface area (Å²) in [6.07, 6.45) is 0. The molecule has 0 aliphatic carbocycles. The van der Waals surface area contributed by atoms with Gasteiger partial charge in [0.1, 0.15) is 0 Å². The van der Waals surface area contributed by atoms with Gasteiger partial charge < -0.3 is 14.8 Å². The Kier molecular flexibility index (Phi) is 7.28. The van der Waals surface area contributed by atoms with Gasteiger partial charge in [-0.15, -0.1) is 0 Å². The Labute approximate surface area is 194 Å². The van der Waals surface area contributed by atoms with Crippen LogP contribution in [0.5, 0.6) is 11.5 Å². The molecule has 1 amide bonds. The van der Waals surface area contributed by atoms with E-state index in [1.54, 1.807) is 57.5 Å². The average molecular weight is 469 g/mol. The molecule has 0 spiro atoms. The summed E-state index contributed by atoms with van der Waals surface area (Å²) in [5.41, 5.74) is 2.91. The van der Waals surface area contributed by atoms with Crippen molar-refractivity contribution in [3.63, 3.8) is 0 Å². The highest BCUT2D eigenvalue weighted by Gasteiger charge is 2.21. The molecule has 3 rings (SSSR count). The number of methoxy groups -OCH3 is 2. The van der Waals surface area contributed by atoms with Gasteiger partial charge in [-0.25, -0.2) is 8.42 Å². The van der Waals surface area contributed by atoms with E-state index in [1.807, 2.05) is 32.0 Å². The number of carbonyl (C=O) groups is 1. The fraction of sp³-hybridized carbons (Fsp3) is 0.240. The molecule has 2 N–H and O–H groups in total. The molecule has 174 valence electrons. The zero-order valence-electron chi connectivity index (χ0n) is 19.3. The van der Waals surface area contributed by atoms with Crippen LogP contribution in [0.1, 0.15) is 40.0 Å². The number of amides is 1. The summed E-state index contributed by atoms with van der Waals surface area (Å²) in [6, 6.07) is 16.8. The van der Waals surface area contributed by atoms with Gasteiger partial charge in [-0.3, -0.25) is 9.52 Å². The first kappa shape index (κ1) is 24.1. The number of aryl methyl sites for hydroxylation is 2. The molecule has 0 aliphatic rings. The zero-order valence-corrected chi connectivity index (χ0v) is 20.1. The van der Waals surface area contributed by atoms with Crippen molar-refractivity contribution in [2.75, 3.05) is 18.9 Å². The van der Waals surface area contributed by atoms with Crippen LogP contribution < -0.4 is 19.5 Å². The lowest BCUT2D eigenvalue weighted by molar-refractivity contribution is 0.0939. The molecule has 7 nitrogen and oxygen atoms in total. The number of benzene rings is 3. The summed E-state index contributed by atoms with van der Waals surface area (Å²) in [5.74, 6) is 0.765. The molecule has 3 aromatic rings. The van der Waals surface area contributed by atoms with Crippen molar-refractivity contribution in [1.82, 2.24) is 5.32 Å². The van der Waals surface area contributed by atoms with Crippen LogP contribution in [0.2, 0.25) is 0 Å². The van der Waals surface area contributed by atoms with E-state index in [0.717, 1.165) is 11.1 Å². The molecule has 0 fully saturated rings. The molecule has 1 atom stereocenters. The van der Waals surface area contributed by atoms with Gasteiger partial charge in [0.2, 0.25) is 0 Å². The van der Waals surface area contributed by atoms with Crippen LogP contribution in [0.15, 0.2) is 65.6 Å². The fourth-order valence-electron chi connectivity index (χ4n) is 3.40. The van der Waals surface area contributed by atoms with E-state index in [2.05, 4.69) is 10.0 Å². The first-order valence-corrected chi connectivity index (χ1v) is 11.9. The largest absolute Gasteiger partial charge is 0.493 e. The number of nitrogens with one attached hydrogen (secondary N) is 2. The molecule has 0 aliphatic heterocycles. The fourth-order valence-corrected chi connectivity index (χ4v) is 4.81. The lowest BCUT2D eigenvalue weighted by Crippen LogP contribution is -2.27. The quantitative estimate of drug-likeness (QED) is 0.503. The van der Waals surface area contributed by atoms with Gasteiger partial charge in [-0.05, 0) is 67.8 Å². The molecule has 0 aromatic heterocycles. The van der Waals surface area contributed by atoms with E-state index in [1.165, 1.54) is 6.07 Å². The van der Waals surface area contributed by atoms with E-state index in [0.29, 0.717) is 22.7 Å². The molecular formula is C25H28N2O5S. The minimum Gasteiger partial charge on any atom is -0.493 e. The number of ether oxygens (including phenoxy) is 2. The van der Waals surface area contributed by atoms with Crippen molar-refractivity contribution in [2.45, 2.75) is 31.7 Å². The first-order chi connectivity index (χ1) is 15.7. The van der Waals surface area contributed by atoms with Gasteiger partial charge in [-0.2, -0.15) is 0 Å². The second-order valence-electron chi connectivity index (χ2n) is 7.71. The highest BCUT2D eigenvalue weighted by molar-refractivity contribution is 7.92. The van der Waals surface area contributed by atoms with Crippen LogP contribution in [0, 0.1) is 13.8 Å². The molecule has 0 radical (unpaired) electrons. The summed E-state index contributed by atoms with van der Waals surface area (Å²) in [7, 11) is -0.779. The third-order valence-corrected chi connectivity index (χ3v) is 6.89. The predicted molar refractivity (Wildman–Crippen MR) is 129 cm³/mol. The summed E-state index contributed by atoms with van der Waals surface area (Å²) >= 11 is 0. The van der Waals surface area contributed by atoms with Crippen LogP contribution in [0.4, 0.5) is 5.69 Å². The summed E-state index contributed by atoms with van der Waals surface area (Å²) in [4.78, 5) is 13.0. The van der Waals surface area contributed by atoms with Gasteiger partial charge >= 0.3 is 0 Å². The molecular weight excluding hydrogens is 440 g/mol. The second-order valence-corrected chi connectivity index (χ2v) is 9.36. The predicted octanol–water partition coefficient (Wildman–Crippen LogP) is 4.61. The van der Waals surface area contributed by atoms with Gasteiger partial charge in [-0.1, -0.05) is 30.3 Å². The van der Waals surface area contributed by atoms with Crippen molar-refractivity contribution < 1.29 is 22.7 Å². The third-order valence-electron chi connectivity index (χ3n) is 5.38. The van der Waals surface area contributed by atoms with E-state index in [9.17, 15) is 13.2 Å². The second kappa shape index (κ2) is 9.95. The molecule has 0 bridgehead atoms. The van der Waals surface area contributed by atoms with Crippen LogP contribution in [-0.4, -0.2) is 28.5 Å². The molecule has 3 aromatic carbocycles. The Morgan fingerprint density at radius 1 is 0.879 bits per heavy atom. The number of sulfonamides is 1. The van der Waals surface area contributed by atoms with Crippen molar-refractivity contribution in [3.8, 4) is 11.5 Å². The van der Waals surface area contributed by atoms with Crippen LogP contribution >= 0.6 is 0 Å². The van der Waals surface area contributed by atoms with Crippen molar-refractivity contribution in [2.24, 2.45) is 0 Å². The highest BCUT2D eigenvalue weighted by atomic mass is 32.2. The molecule has 0 unspecified atom stereocenters. The molecule has 0 heterocycles. The standard InChI is InChI=1S/C25H28N2O5S/c1-16-8-6-7-9-21(16)27-33(29,30)24-15-20(11-10-17(24)2)25(28)26-18(3)19-12-13-22(31-4)23(14-19)32-5/h6-15,18,27H,1-5H3,(H,26,28)/t18-/m1/s1. The number of rotatable bonds is 8. The van der Waals surface area contributed by atoms with Gasteiger partial charge in [0, 0.05) is 5.56 Å². The molecule has 8 heteroatoms. The summed E-state index contributed by atoms with van der Waals surface area (Å²) < 4.78 is 39.3. The highest BCUT2D eigenvalue weighted by Crippen LogP contribution is 2.30. The van der Waals surface area contributed by atoms with E-state index in [4.69, 9.17) is 9.47 Å². The molecule has 33 heavy (non-hydrogen) atoms. The Bertz CT molecular complexity index is 1270. The Morgan fingerprint density at radius 3 is 2.24 bits per heavy atom. The summed E-state index contributed by atoms with van der Waals surface area (Å²) in [5, 5.41) is 2.91. The van der Waals surface area contributed by atoms with E-state index in [-0.39, 0.29) is 22.4 Å². The first-order valence-electron chi connectivity index (χ1n) is 10.4. The lowest BCUT2D eigenvalue weighted by atomic mass is 10.1. The third kappa shape index (κ3) is 5.46. The maximum absolute atomic E-state index is 13.1. The minimum atomic E-state index is -3.88. The maximum atomic E-state index is 13.1. The van der Waals surface area contributed by atoms with E-state index >= 15 is 0 Å². The maximum Gasteiger partial charge on any atom is 0.262 e. The number of anilines is 1. The van der Waals surface area contributed by atoms with Crippen molar-refractivity contribution in [3.05, 3.63) is 82.9 Å². The Hall–Kier alpha value is -3.52. The normalized spacial score (nSPS) is 12.0. The van der Waals surface area contributed by atoms with Crippen LogP contribution in [0.3, 0.4) is 0 Å². The van der Waals surface area contributed by atoms with Crippen LogP contribution in [-0.2, 0) is 10.0 Å². The number of hydrogen-bond donors (Lipinski definition) is 2. The molecule has 0 saturated heterocycles. The smallest absolute Gasteiger partial charge is 0.262 e. The SMILES string of the molecule is COc1ccc([C@@H](C)NC(=O)c2ccc(C)c(S(=O)(=O)Nc3ccccc3C)c2)cc1OC. The lowest BCUT2D eigenvalue weighted by Gasteiger charge is -2.17. The van der Waals surface area contributed by atoms with E-state index < -0.39 is 10.0 Å². The number of para-hydroxylation sites is 1. The zero-order chi connectivity index (χ0) is 24.2. The van der Waals surface area contributed by atoms with Crippen molar-refractivity contribution in [1.29, 1.82) is 0 Å².